The number of benzene rings is 1. The summed E-state index contributed by atoms with van der Waals surface area (Å²) in [5.74, 6) is 0. The first-order valence-corrected chi connectivity index (χ1v) is 4.51. The van der Waals surface area contributed by atoms with Gasteiger partial charge in [-0.2, -0.15) is 0 Å². The van der Waals surface area contributed by atoms with Crippen LogP contribution in [0, 0.1) is 0 Å². The molecule has 0 N–H and O–H groups in total. The normalized spacial score (nSPS) is 9.21. The Morgan fingerprint density at radius 1 is 1.07 bits per heavy atom. The summed E-state index contributed by atoms with van der Waals surface area (Å²) in [6, 6.07) is 12.0. The van der Waals surface area contributed by atoms with Gasteiger partial charge in [0.2, 0.25) is 0 Å². The van der Waals surface area contributed by atoms with Crippen LogP contribution in [0.3, 0.4) is 0 Å². The van der Waals surface area contributed by atoms with Crippen LogP contribution in [0.2, 0.25) is 0 Å². The molecule has 0 aliphatic carbocycles. The van der Waals surface area contributed by atoms with E-state index in [9.17, 15) is 0 Å². The summed E-state index contributed by atoms with van der Waals surface area (Å²) in [5.41, 5.74) is 2.23. The molecule has 2 aromatic rings. The van der Waals surface area contributed by atoms with Gasteiger partial charge < -0.3 is 1.43 Å². The van der Waals surface area contributed by atoms with Crippen LogP contribution in [0.15, 0.2) is 53.7 Å². The van der Waals surface area contributed by atoms with Gasteiger partial charge in [-0.15, -0.1) is 12.6 Å². The Kier molecular flexibility index (Phi) is 4.69. The van der Waals surface area contributed by atoms with Crippen molar-refractivity contribution in [1.29, 1.82) is 0 Å². The van der Waals surface area contributed by atoms with Gasteiger partial charge in [0.15, 0.2) is 0 Å². The van der Waals surface area contributed by atoms with E-state index in [1.165, 1.54) is 0 Å². The van der Waals surface area contributed by atoms with Crippen molar-refractivity contribution >= 4 is 12.6 Å². The Morgan fingerprint density at radius 2 is 1.86 bits per heavy atom. The molecule has 0 atom stereocenters. The van der Waals surface area contributed by atoms with E-state index in [4.69, 9.17) is 0 Å². The molecule has 0 aliphatic heterocycles. The van der Waals surface area contributed by atoms with Crippen molar-refractivity contribution in [2.45, 2.75) is 4.90 Å². The van der Waals surface area contributed by atoms with E-state index in [1.54, 1.807) is 6.20 Å². The second-order valence-electron chi connectivity index (χ2n) is 2.76. The Balaban J connectivity index is 0.000000980. The van der Waals surface area contributed by atoms with Gasteiger partial charge in [0.25, 0.3) is 0 Å². The summed E-state index contributed by atoms with van der Waals surface area (Å²) in [4.78, 5) is 5.05. The van der Waals surface area contributed by atoms with Gasteiger partial charge in [-0.05, 0) is 17.7 Å². The Hall–Kier alpha value is -0.280. The number of aromatic nitrogens is 1. The summed E-state index contributed by atoms with van der Waals surface area (Å²) in [6.45, 7) is 0. The van der Waals surface area contributed by atoms with E-state index >= 15 is 0 Å². The molecule has 1 aromatic heterocycles. The van der Waals surface area contributed by atoms with Crippen molar-refractivity contribution in [3.8, 4) is 11.1 Å². The van der Waals surface area contributed by atoms with Crippen LogP contribution >= 0.6 is 12.6 Å². The molecule has 0 amide bonds. The number of nitrogens with zero attached hydrogens (tertiary/aromatic N) is 1. The predicted octanol–water partition coefficient (Wildman–Crippen LogP) is 0.154. The third-order valence-corrected chi connectivity index (χ3v) is 2.27. The predicted molar refractivity (Wildman–Crippen MR) is 58.0 cm³/mol. The minimum absolute atomic E-state index is 0. The Labute approximate surface area is 113 Å². The van der Waals surface area contributed by atoms with Crippen molar-refractivity contribution in [3.05, 3.63) is 48.8 Å². The number of rotatable bonds is 1. The molecule has 0 saturated carbocycles. The van der Waals surface area contributed by atoms with Crippen LogP contribution in [0.1, 0.15) is 1.43 Å². The summed E-state index contributed by atoms with van der Waals surface area (Å²) in [7, 11) is 0. The fourth-order valence-corrected chi connectivity index (χ4v) is 1.53. The van der Waals surface area contributed by atoms with Crippen LogP contribution in [0.25, 0.3) is 11.1 Å². The molecule has 66 valence electrons. The molecule has 14 heavy (non-hydrogen) atoms. The zero-order chi connectivity index (χ0) is 9.10. The molecule has 1 heterocycles. The Morgan fingerprint density at radius 3 is 2.50 bits per heavy atom. The van der Waals surface area contributed by atoms with Crippen LogP contribution in [0.5, 0.6) is 0 Å². The maximum absolute atomic E-state index is 4.38. The van der Waals surface area contributed by atoms with E-state index in [0.29, 0.717) is 0 Å². The van der Waals surface area contributed by atoms with Crippen molar-refractivity contribution in [2.24, 2.45) is 0 Å². The zero-order valence-electron chi connectivity index (χ0n) is 9.01. The third kappa shape index (κ3) is 2.61. The molecule has 0 bridgehead atoms. The first kappa shape index (κ1) is 11.8. The largest absolute Gasteiger partial charge is 1.00 e. The van der Waals surface area contributed by atoms with Crippen molar-refractivity contribution in [3.63, 3.8) is 0 Å². The molecule has 0 spiro atoms. The zero-order valence-corrected chi connectivity index (χ0v) is 10.9. The first-order valence-electron chi connectivity index (χ1n) is 4.06. The summed E-state index contributed by atoms with van der Waals surface area (Å²) in [6.07, 6.45) is 3.61. The van der Waals surface area contributed by atoms with Gasteiger partial charge in [-0.3, -0.25) is 4.98 Å². The first-order chi connectivity index (χ1) is 6.38. The standard InChI is InChI=1S/C11H9NS.Na.H/c13-11-6-2-1-5-10(11)9-4-3-7-12-8-9;;/h1-8,13H;;/q;+1;-1. The minimum Gasteiger partial charge on any atom is -1.00 e. The molecular formula is C11H10NNaS. The molecule has 0 saturated heterocycles. The molecular weight excluding hydrogens is 201 g/mol. The fraction of sp³-hybridized carbons (Fsp3) is 0. The number of pyridine rings is 1. The van der Waals surface area contributed by atoms with Gasteiger partial charge in [0, 0.05) is 22.9 Å². The quantitative estimate of drug-likeness (QED) is 0.523. The van der Waals surface area contributed by atoms with Crippen molar-refractivity contribution in [2.75, 3.05) is 0 Å². The fourth-order valence-electron chi connectivity index (χ4n) is 1.24. The van der Waals surface area contributed by atoms with Crippen LogP contribution < -0.4 is 29.6 Å². The molecule has 0 unspecified atom stereocenters. The molecule has 0 aliphatic rings. The van der Waals surface area contributed by atoms with Gasteiger partial charge in [0.05, 0.1) is 0 Å². The molecule has 0 radical (unpaired) electrons. The van der Waals surface area contributed by atoms with Gasteiger partial charge in [-0.1, -0.05) is 24.3 Å². The SMILES string of the molecule is Sc1ccccc1-c1cccnc1.[H-].[Na+]. The maximum Gasteiger partial charge on any atom is 1.00 e. The van der Waals surface area contributed by atoms with E-state index in [0.717, 1.165) is 16.0 Å². The number of thiol groups is 1. The average Bonchev–Trinajstić information content (AvgIpc) is 2.20. The summed E-state index contributed by atoms with van der Waals surface area (Å²) < 4.78 is 0. The Bertz CT molecular complexity index is 408. The molecule has 0 fully saturated rings. The van der Waals surface area contributed by atoms with Crippen LogP contribution in [0.4, 0.5) is 0 Å². The van der Waals surface area contributed by atoms with Gasteiger partial charge in [-0.25, -0.2) is 0 Å². The minimum atomic E-state index is 0. The summed E-state index contributed by atoms with van der Waals surface area (Å²) in [5, 5.41) is 0. The van der Waals surface area contributed by atoms with Gasteiger partial charge in [0.1, 0.15) is 0 Å². The molecule has 1 aromatic carbocycles. The molecule has 2 rings (SSSR count). The smallest absolute Gasteiger partial charge is 1.00 e. The van der Waals surface area contributed by atoms with Gasteiger partial charge >= 0.3 is 29.6 Å². The third-order valence-electron chi connectivity index (χ3n) is 1.88. The topological polar surface area (TPSA) is 12.9 Å². The number of hydrogen-bond acceptors (Lipinski definition) is 2. The van der Waals surface area contributed by atoms with Crippen molar-refractivity contribution in [1.82, 2.24) is 4.98 Å². The van der Waals surface area contributed by atoms with E-state index < -0.39 is 0 Å². The van der Waals surface area contributed by atoms with Crippen LogP contribution in [-0.4, -0.2) is 4.98 Å². The van der Waals surface area contributed by atoms with Crippen molar-refractivity contribution < 1.29 is 31.0 Å². The number of hydrogen-bond donors (Lipinski definition) is 1. The van der Waals surface area contributed by atoms with E-state index in [1.807, 2.05) is 42.6 Å². The second kappa shape index (κ2) is 5.56. The molecule has 1 nitrogen and oxygen atoms in total. The monoisotopic (exact) mass is 211 g/mol. The average molecular weight is 211 g/mol. The van der Waals surface area contributed by atoms with Crippen LogP contribution in [-0.2, 0) is 0 Å². The van der Waals surface area contributed by atoms with E-state index in [-0.39, 0.29) is 31.0 Å². The second-order valence-corrected chi connectivity index (χ2v) is 3.24. The maximum atomic E-state index is 4.38. The summed E-state index contributed by atoms with van der Waals surface area (Å²) >= 11 is 4.38. The van der Waals surface area contributed by atoms with E-state index in [2.05, 4.69) is 17.6 Å². The molecule has 3 heteroatoms.